The average Bonchev–Trinajstić information content (AvgIpc) is 2.91. The van der Waals surface area contributed by atoms with Crippen LogP contribution in [0, 0.1) is 13.8 Å². The maximum Gasteiger partial charge on any atom is 0.350 e. The Morgan fingerprint density at radius 1 is 1.12 bits per heavy atom. The molecular weight excluding hydrogens is 332 g/mol. The Labute approximate surface area is 142 Å². The van der Waals surface area contributed by atoms with E-state index in [4.69, 9.17) is 4.74 Å². The van der Waals surface area contributed by atoms with Gasteiger partial charge in [-0.25, -0.2) is 14.6 Å². The Morgan fingerprint density at radius 3 is 2.33 bits per heavy atom. The third-order valence-corrected chi connectivity index (χ3v) is 4.07. The lowest BCUT2D eigenvalue weighted by molar-refractivity contribution is -0.119. The smallest absolute Gasteiger partial charge is 0.350 e. The summed E-state index contributed by atoms with van der Waals surface area (Å²) in [7, 11) is 1.29. The standard InChI is InChI=1S/C16H16N2O5S/c1-9-14(24-10(2)17-9)16(21)23-8-13(19)18-12-6-4-11(5-7-12)15(20)22-3/h4-7H,8H2,1-3H3,(H,18,19). The van der Waals surface area contributed by atoms with Crippen LogP contribution < -0.4 is 5.32 Å². The molecule has 0 unspecified atom stereocenters. The molecule has 0 saturated carbocycles. The second-order valence-electron chi connectivity index (χ2n) is 4.84. The molecule has 2 aromatic rings. The molecule has 0 aliphatic heterocycles. The number of benzene rings is 1. The number of hydrogen-bond acceptors (Lipinski definition) is 7. The lowest BCUT2D eigenvalue weighted by atomic mass is 10.2. The van der Waals surface area contributed by atoms with Gasteiger partial charge in [-0.2, -0.15) is 0 Å². The van der Waals surface area contributed by atoms with E-state index in [1.54, 1.807) is 26.0 Å². The second kappa shape index (κ2) is 7.69. The molecular formula is C16H16N2O5S. The van der Waals surface area contributed by atoms with Crippen molar-refractivity contribution in [2.75, 3.05) is 19.0 Å². The Balaban J connectivity index is 1.88. The Hall–Kier alpha value is -2.74. The van der Waals surface area contributed by atoms with Crippen LogP contribution in [0.1, 0.15) is 30.7 Å². The number of aryl methyl sites for hydroxylation is 2. The van der Waals surface area contributed by atoms with E-state index in [9.17, 15) is 14.4 Å². The van der Waals surface area contributed by atoms with Gasteiger partial charge >= 0.3 is 11.9 Å². The number of nitrogens with one attached hydrogen (secondary N) is 1. The summed E-state index contributed by atoms with van der Waals surface area (Å²) >= 11 is 1.22. The van der Waals surface area contributed by atoms with Crippen LogP contribution in [-0.2, 0) is 14.3 Å². The second-order valence-corrected chi connectivity index (χ2v) is 6.04. The predicted octanol–water partition coefficient (Wildman–Crippen LogP) is 2.34. The van der Waals surface area contributed by atoms with E-state index in [-0.39, 0.29) is 0 Å². The fourth-order valence-electron chi connectivity index (χ4n) is 1.92. The SMILES string of the molecule is COC(=O)c1ccc(NC(=O)COC(=O)c2sc(C)nc2C)cc1. The zero-order chi connectivity index (χ0) is 17.7. The van der Waals surface area contributed by atoms with E-state index in [0.29, 0.717) is 21.8 Å². The molecule has 1 heterocycles. The number of carbonyl (C=O) groups excluding carboxylic acids is 3. The summed E-state index contributed by atoms with van der Waals surface area (Å²) in [5.41, 5.74) is 1.44. The van der Waals surface area contributed by atoms with Gasteiger partial charge in [-0.15, -0.1) is 11.3 Å². The van der Waals surface area contributed by atoms with E-state index in [0.717, 1.165) is 5.01 Å². The largest absolute Gasteiger partial charge is 0.465 e. The van der Waals surface area contributed by atoms with E-state index < -0.39 is 24.5 Å². The molecule has 0 radical (unpaired) electrons. The molecule has 1 N–H and O–H groups in total. The molecule has 0 spiro atoms. The molecule has 1 aromatic carbocycles. The number of hydrogen-bond donors (Lipinski definition) is 1. The van der Waals surface area contributed by atoms with Crippen LogP contribution in [0.15, 0.2) is 24.3 Å². The number of amides is 1. The van der Waals surface area contributed by atoms with Crippen molar-refractivity contribution in [1.29, 1.82) is 0 Å². The first kappa shape index (κ1) is 17.6. The van der Waals surface area contributed by atoms with Crippen LogP contribution in [-0.4, -0.2) is 36.5 Å². The van der Waals surface area contributed by atoms with Gasteiger partial charge in [0, 0.05) is 5.69 Å². The number of esters is 2. The molecule has 8 heteroatoms. The summed E-state index contributed by atoms with van der Waals surface area (Å²) < 4.78 is 9.57. The Bertz CT molecular complexity index is 767. The molecule has 0 saturated heterocycles. The number of methoxy groups -OCH3 is 1. The summed E-state index contributed by atoms with van der Waals surface area (Å²) in [6, 6.07) is 6.17. The van der Waals surface area contributed by atoms with Crippen molar-refractivity contribution in [3.05, 3.63) is 45.4 Å². The zero-order valence-corrected chi connectivity index (χ0v) is 14.2. The van der Waals surface area contributed by atoms with Crippen LogP contribution in [0.2, 0.25) is 0 Å². The molecule has 1 aromatic heterocycles. The Morgan fingerprint density at radius 2 is 1.79 bits per heavy atom. The van der Waals surface area contributed by atoms with Crippen LogP contribution >= 0.6 is 11.3 Å². The van der Waals surface area contributed by atoms with Gasteiger partial charge in [-0.1, -0.05) is 0 Å². The van der Waals surface area contributed by atoms with Crippen LogP contribution in [0.25, 0.3) is 0 Å². The number of aromatic nitrogens is 1. The third kappa shape index (κ3) is 4.39. The van der Waals surface area contributed by atoms with Crippen LogP contribution in [0.4, 0.5) is 5.69 Å². The number of carbonyl (C=O) groups is 3. The van der Waals surface area contributed by atoms with Crippen molar-refractivity contribution in [1.82, 2.24) is 4.98 Å². The first-order valence-corrected chi connectivity index (χ1v) is 7.81. The maximum absolute atomic E-state index is 11.9. The molecule has 0 atom stereocenters. The lowest BCUT2D eigenvalue weighted by Crippen LogP contribution is -2.20. The average molecular weight is 348 g/mol. The Kier molecular flexibility index (Phi) is 5.64. The molecule has 0 bridgehead atoms. The monoisotopic (exact) mass is 348 g/mol. The molecule has 1 amide bonds. The highest BCUT2D eigenvalue weighted by Crippen LogP contribution is 2.18. The number of anilines is 1. The molecule has 24 heavy (non-hydrogen) atoms. The molecule has 0 fully saturated rings. The number of rotatable bonds is 5. The minimum atomic E-state index is -0.575. The highest BCUT2D eigenvalue weighted by Gasteiger charge is 2.16. The minimum absolute atomic E-state index is 0.373. The van der Waals surface area contributed by atoms with Gasteiger partial charge in [0.1, 0.15) is 4.88 Å². The highest BCUT2D eigenvalue weighted by atomic mass is 32.1. The number of thiazole rings is 1. The van der Waals surface area contributed by atoms with Crippen LogP contribution in [0.3, 0.4) is 0 Å². The molecule has 0 aliphatic rings. The van der Waals surface area contributed by atoms with Crippen molar-refractivity contribution in [2.45, 2.75) is 13.8 Å². The normalized spacial score (nSPS) is 10.1. The van der Waals surface area contributed by atoms with Gasteiger partial charge in [0.25, 0.3) is 5.91 Å². The van der Waals surface area contributed by atoms with E-state index in [1.807, 2.05) is 0 Å². The fourth-order valence-corrected chi connectivity index (χ4v) is 2.74. The van der Waals surface area contributed by atoms with Crippen molar-refractivity contribution in [3.63, 3.8) is 0 Å². The minimum Gasteiger partial charge on any atom is -0.465 e. The highest BCUT2D eigenvalue weighted by molar-refractivity contribution is 7.13. The summed E-state index contributed by atoms with van der Waals surface area (Å²) in [6.45, 7) is 3.09. The molecule has 0 aliphatic carbocycles. The fraction of sp³-hybridized carbons (Fsp3) is 0.250. The van der Waals surface area contributed by atoms with Gasteiger partial charge < -0.3 is 14.8 Å². The van der Waals surface area contributed by atoms with E-state index in [1.165, 1.54) is 30.6 Å². The topological polar surface area (TPSA) is 94.6 Å². The van der Waals surface area contributed by atoms with Crippen LogP contribution in [0.5, 0.6) is 0 Å². The van der Waals surface area contributed by atoms with Crippen molar-refractivity contribution in [2.24, 2.45) is 0 Å². The van der Waals surface area contributed by atoms with E-state index in [2.05, 4.69) is 15.0 Å². The van der Waals surface area contributed by atoms with Crippen molar-refractivity contribution < 1.29 is 23.9 Å². The van der Waals surface area contributed by atoms with E-state index >= 15 is 0 Å². The number of nitrogens with zero attached hydrogens (tertiary/aromatic N) is 1. The first-order valence-electron chi connectivity index (χ1n) is 7.00. The molecule has 7 nitrogen and oxygen atoms in total. The number of ether oxygens (including phenoxy) is 2. The van der Waals surface area contributed by atoms with Crippen molar-refractivity contribution >= 4 is 34.9 Å². The zero-order valence-electron chi connectivity index (χ0n) is 13.4. The lowest BCUT2D eigenvalue weighted by Gasteiger charge is -2.07. The molecule has 2 rings (SSSR count). The van der Waals surface area contributed by atoms with Gasteiger partial charge in [-0.3, -0.25) is 4.79 Å². The van der Waals surface area contributed by atoms with Crippen molar-refractivity contribution in [3.8, 4) is 0 Å². The van der Waals surface area contributed by atoms with Gasteiger partial charge in [0.2, 0.25) is 0 Å². The first-order chi connectivity index (χ1) is 11.4. The van der Waals surface area contributed by atoms with Gasteiger partial charge in [0.15, 0.2) is 6.61 Å². The van der Waals surface area contributed by atoms with Gasteiger partial charge in [-0.05, 0) is 38.1 Å². The summed E-state index contributed by atoms with van der Waals surface area (Å²) in [4.78, 5) is 39.6. The summed E-state index contributed by atoms with van der Waals surface area (Å²) in [6.07, 6.45) is 0. The maximum atomic E-state index is 11.9. The third-order valence-electron chi connectivity index (χ3n) is 3.01. The molecule has 126 valence electrons. The van der Waals surface area contributed by atoms with Gasteiger partial charge in [0.05, 0.1) is 23.4 Å². The quantitative estimate of drug-likeness (QED) is 0.834. The summed E-state index contributed by atoms with van der Waals surface area (Å²) in [5, 5.41) is 3.33. The summed E-state index contributed by atoms with van der Waals surface area (Å²) in [5.74, 6) is -1.51. The predicted molar refractivity (Wildman–Crippen MR) is 88.3 cm³/mol.